The lowest BCUT2D eigenvalue weighted by molar-refractivity contribution is 0.522. The summed E-state index contributed by atoms with van der Waals surface area (Å²) in [5, 5.41) is 0.161. The van der Waals surface area contributed by atoms with Gasteiger partial charge in [-0.25, -0.2) is 13.1 Å². The number of nitrogens with one attached hydrogen (secondary N) is 1. The molecular weight excluding hydrogens is 234 g/mol. The van der Waals surface area contributed by atoms with E-state index < -0.39 is 10.0 Å². The molecule has 1 N–H and O–H groups in total. The molecule has 2 aliphatic carbocycles. The van der Waals surface area contributed by atoms with E-state index in [9.17, 15) is 8.42 Å². The van der Waals surface area contributed by atoms with Crippen LogP contribution in [-0.4, -0.2) is 26.1 Å². The molecule has 2 aliphatic rings. The highest BCUT2D eigenvalue weighted by molar-refractivity contribution is 7.89. The van der Waals surface area contributed by atoms with E-state index >= 15 is 0 Å². The highest BCUT2D eigenvalue weighted by Gasteiger charge is 2.30. The van der Waals surface area contributed by atoms with Crippen molar-refractivity contribution in [3.63, 3.8) is 0 Å². The summed E-state index contributed by atoms with van der Waals surface area (Å²) in [5.41, 5.74) is 0. The van der Waals surface area contributed by atoms with Gasteiger partial charge in [0, 0.05) is 11.9 Å². The quantitative estimate of drug-likeness (QED) is 0.757. The Bertz CT molecular complexity index is 313. The van der Waals surface area contributed by atoms with Crippen LogP contribution in [0.2, 0.25) is 0 Å². The van der Waals surface area contributed by atoms with E-state index in [1.807, 2.05) is 0 Å². The van der Waals surface area contributed by atoms with Crippen molar-refractivity contribution in [2.45, 2.75) is 37.5 Å². The third kappa shape index (κ3) is 3.61. The first kappa shape index (κ1) is 11.7. The zero-order valence-corrected chi connectivity index (χ0v) is 10.4. The van der Waals surface area contributed by atoms with Crippen molar-refractivity contribution >= 4 is 21.6 Å². The van der Waals surface area contributed by atoms with Gasteiger partial charge in [0.2, 0.25) is 10.0 Å². The number of rotatable bonds is 5. The summed E-state index contributed by atoms with van der Waals surface area (Å²) in [6, 6.07) is 0. The van der Waals surface area contributed by atoms with Crippen LogP contribution >= 0.6 is 11.6 Å². The minimum absolute atomic E-state index is 0.161. The molecule has 0 aliphatic heterocycles. The first-order valence-corrected chi connectivity index (χ1v) is 7.77. The number of sulfonamides is 1. The van der Waals surface area contributed by atoms with Crippen LogP contribution in [0.5, 0.6) is 0 Å². The molecular formula is C10H18ClNO2S. The lowest BCUT2D eigenvalue weighted by Gasteiger charge is -2.14. The first-order valence-electron chi connectivity index (χ1n) is 5.68. The molecule has 2 rings (SSSR count). The van der Waals surface area contributed by atoms with Gasteiger partial charge in [0.1, 0.15) is 0 Å². The second kappa shape index (κ2) is 4.60. The molecule has 2 fully saturated rings. The van der Waals surface area contributed by atoms with Crippen LogP contribution in [0, 0.1) is 11.8 Å². The van der Waals surface area contributed by atoms with Gasteiger partial charge >= 0.3 is 0 Å². The molecule has 0 aromatic carbocycles. The van der Waals surface area contributed by atoms with Crippen molar-refractivity contribution in [1.82, 2.24) is 4.72 Å². The third-order valence-corrected chi connectivity index (χ3v) is 5.38. The predicted molar refractivity (Wildman–Crippen MR) is 61.5 cm³/mol. The molecule has 2 unspecified atom stereocenters. The second-order valence-corrected chi connectivity index (χ2v) is 7.19. The zero-order chi connectivity index (χ0) is 10.9. The summed E-state index contributed by atoms with van der Waals surface area (Å²) >= 11 is 6.09. The average molecular weight is 252 g/mol. The maximum Gasteiger partial charge on any atom is 0.211 e. The third-order valence-electron chi connectivity index (χ3n) is 3.28. The monoisotopic (exact) mass is 251 g/mol. The van der Waals surface area contributed by atoms with E-state index in [2.05, 4.69) is 4.72 Å². The summed E-state index contributed by atoms with van der Waals surface area (Å²) in [5.74, 6) is 1.06. The summed E-state index contributed by atoms with van der Waals surface area (Å²) in [6.07, 6.45) is 5.35. The lowest BCUT2D eigenvalue weighted by atomic mass is 10.1. The van der Waals surface area contributed by atoms with Gasteiger partial charge in [-0.15, -0.1) is 11.6 Å². The Morgan fingerprint density at radius 3 is 2.47 bits per heavy atom. The molecule has 0 aromatic rings. The minimum atomic E-state index is -3.04. The smallest absolute Gasteiger partial charge is 0.211 e. The minimum Gasteiger partial charge on any atom is -0.215 e. The fraction of sp³-hybridized carbons (Fsp3) is 1.00. The Hall–Kier alpha value is 0.200. The molecule has 0 bridgehead atoms. The lowest BCUT2D eigenvalue weighted by Crippen LogP contribution is -2.33. The van der Waals surface area contributed by atoms with Crippen LogP contribution in [0.25, 0.3) is 0 Å². The molecule has 88 valence electrons. The number of hydrogen-bond acceptors (Lipinski definition) is 2. The largest absolute Gasteiger partial charge is 0.215 e. The average Bonchev–Trinajstić information content (AvgIpc) is 2.84. The van der Waals surface area contributed by atoms with E-state index in [0.717, 1.165) is 32.1 Å². The van der Waals surface area contributed by atoms with Gasteiger partial charge in [-0.05, 0) is 37.5 Å². The fourth-order valence-corrected chi connectivity index (χ4v) is 4.02. The van der Waals surface area contributed by atoms with Crippen molar-refractivity contribution < 1.29 is 8.42 Å². The molecule has 0 aromatic heterocycles. The van der Waals surface area contributed by atoms with E-state index in [1.165, 1.54) is 0 Å². The van der Waals surface area contributed by atoms with Gasteiger partial charge < -0.3 is 0 Å². The number of hydrogen-bond donors (Lipinski definition) is 1. The maximum atomic E-state index is 11.6. The molecule has 3 nitrogen and oxygen atoms in total. The van der Waals surface area contributed by atoms with E-state index in [0.29, 0.717) is 24.1 Å². The van der Waals surface area contributed by atoms with Crippen LogP contribution in [0.4, 0.5) is 0 Å². The highest BCUT2D eigenvalue weighted by Crippen LogP contribution is 2.31. The van der Waals surface area contributed by atoms with Crippen molar-refractivity contribution in [3.05, 3.63) is 0 Å². The standard InChI is InChI=1S/C10H18ClNO2S/c11-10-3-1-2-9(10)6-12-15(13,14)7-8-4-5-8/h8-10,12H,1-7H2. The van der Waals surface area contributed by atoms with Crippen molar-refractivity contribution in [2.75, 3.05) is 12.3 Å². The first-order chi connectivity index (χ1) is 7.07. The summed E-state index contributed by atoms with van der Waals surface area (Å²) in [4.78, 5) is 0. The maximum absolute atomic E-state index is 11.6. The zero-order valence-electron chi connectivity index (χ0n) is 8.78. The molecule has 0 heterocycles. The van der Waals surface area contributed by atoms with Crippen LogP contribution in [0.1, 0.15) is 32.1 Å². The number of alkyl halides is 1. The summed E-state index contributed by atoms with van der Waals surface area (Å²) in [6.45, 7) is 0.531. The predicted octanol–water partition coefficient (Wildman–Crippen LogP) is 1.72. The molecule has 2 saturated carbocycles. The van der Waals surface area contributed by atoms with E-state index in [1.54, 1.807) is 0 Å². The van der Waals surface area contributed by atoms with Crippen LogP contribution in [-0.2, 0) is 10.0 Å². The molecule has 2 atom stereocenters. The van der Waals surface area contributed by atoms with E-state index in [4.69, 9.17) is 11.6 Å². The molecule has 0 amide bonds. The van der Waals surface area contributed by atoms with Crippen molar-refractivity contribution in [3.8, 4) is 0 Å². The second-order valence-electron chi connectivity index (χ2n) is 4.78. The van der Waals surface area contributed by atoms with Crippen molar-refractivity contribution in [1.29, 1.82) is 0 Å². The van der Waals surface area contributed by atoms with Gasteiger partial charge in [-0.3, -0.25) is 0 Å². The van der Waals surface area contributed by atoms with Gasteiger partial charge in [-0.1, -0.05) is 6.42 Å². The van der Waals surface area contributed by atoms with Gasteiger partial charge in [0.05, 0.1) is 5.75 Å². The Balaban J connectivity index is 1.76. The van der Waals surface area contributed by atoms with Gasteiger partial charge in [0.25, 0.3) is 0 Å². The topological polar surface area (TPSA) is 46.2 Å². The van der Waals surface area contributed by atoms with Crippen LogP contribution in [0.3, 0.4) is 0 Å². The highest BCUT2D eigenvalue weighted by atomic mass is 35.5. The van der Waals surface area contributed by atoms with E-state index in [-0.39, 0.29) is 5.38 Å². The van der Waals surface area contributed by atoms with Crippen LogP contribution < -0.4 is 4.72 Å². The summed E-state index contributed by atoms with van der Waals surface area (Å²) < 4.78 is 25.9. The van der Waals surface area contributed by atoms with Gasteiger partial charge in [0.15, 0.2) is 0 Å². The fourth-order valence-electron chi connectivity index (χ4n) is 2.11. The SMILES string of the molecule is O=S(=O)(CC1CC1)NCC1CCCC1Cl. The number of halogens is 1. The molecule has 0 saturated heterocycles. The molecule has 0 spiro atoms. The van der Waals surface area contributed by atoms with Crippen LogP contribution in [0.15, 0.2) is 0 Å². The van der Waals surface area contributed by atoms with Crippen molar-refractivity contribution in [2.24, 2.45) is 11.8 Å². The Kier molecular flexibility index (Phi) is 3.58. The Morgan fingerprint density at radius 1 is 1.20 bits per heavy atom. The molecule has 0 radical (unpaired) electrons. The Morgan fingerprint density at radius 2 is 1.93 bits per heavy atom. The molecule has 15 heavy (non-hydrogen) atoms. The Labute approximate surface area is 96.6 Å². The normalized spacial score (nSPS) is 32.1. The molecule has 5 heteroatoms. The summed E-state index contributed by atoms with van der Waals surface area (Å²) in [7, 11) is -3.04. The van der Waals surface area contributed by atoms with Gasteiger partial charge in [-0.2, -0.15) is 0 Å².